The van der Waals surface area contributed by atoms with Crippen molar-refractivity contribution in [2.75, 3.05) is 0 Å². The lowest BCUT2D eigenvalue weighted by atomic mass is 10.1. The number of ketones is 1. The highest BCUT2D eigenvalue weighted by Crippen LogP contribution is 2.29. The van der Waals surface area contributed by atoms with Crippen LogP contribution in [0.3, 0.4) is 0 Å². The van der Waals surface area contributed by atoms with Crippen LogP contribution in [-0.4, -0.2) is 17.5 Å². The van der Waals surface area contributed by atoms with E-state index in [1.54, 1.807) is 0 Å². The molecule has 2 rings (SSSR count). The average Bonchev–Trinajstić information content (AvgIpc) is 2.61. The molecule has 3 atom stereocenters. The Balaban J connectivity index is 0.000000151. The number of rotatable bonds is 0. The molecule has 2 heteroatoms. The zero-order valence-corrected chi connectivity index (χ0v) is 10.4. The summed E-state index contributed by atoms with van der Waals surface area (Å²) < 4.78 is 0. The highest BCUT2D eigenvalue weighted by Gasteiger charge is 2.18. The summed E-state index contributed by atoms with van der Waals surface area (Å²) in [5.41, 5.74) is 0.975. The van der Waals surface area contributed by atoms with Gasteiger partial charge in [0.1, 0.15) is 6.04 Å². The molecule has 1 heterocycles. The van der Waals surface area contributed by atoms with Gasteiger partial charge in [0.2, 0.25) is 0 Å². The maximum Gasteiger partial charge on any atom is 0.162 e. The summed E-state index contributed by atoms with van der Waals surface area (Å²) in [6.07, 6.45) is 4.99. The maximum atomic E-state index is 10.7. The molecule has 0 bridgehead atoms. The minimum atomic E-state index is -0.0602. The summed E-state index contributed by atoms with van der Waals surface area (Å²) in [6, 6.07) is -0.0602. The van der Waals surface area contributed by atoms with Gasteiger partial charge in [0.15, 0.2) is 5.78 Å². The fourth-order valence-corrected chi connectivity index (χ4v) is 2.34. The van der Waals surface area contributed by atoms with Gasteiger partial charge in [0.25, 0.3) is 0 Å². The van der Waals surface area contributed by atoms with Gasteiger partial charge in [-0.05, 0) is 32.1 Å². The summed E-state index contributed by atoms with van der Waals surface area (Å²) in [5, 5.41) is 0. The van der Waals surface area contributed by atoms with E-state index in [0.29, 0.717) is 6.42 Å². The van der Waals surface area contributed by atoms with Crippen molar-refractivity contribution in [1.82, 2.24) is 0 Å². The summed E-state index contributed by atoms with van der Waals surface area (Å²) in [5.74, 6) is 2.30. The van der Waals surface area contributed by atoms with Gasteiger partial charge in [-0.2, -0.15) is 0 Å². The molecule has 0 aromatic heterocycles. The third kappa shape index (κ3) is 4.15. The lowest BCUT2D eigenvalue weighted by molar-refractivity contribution is -0.118. The number of carbonyl (C=O) groups excluding carboxylic acids is 1. The van der Waals surface area contributed by atoms with Gasteiger partial charge in [0.05, 0.1) is 0 Å². The minimum Gasteiger partial charge on any atom is -0.297 e. The van der Waals surface area contributed by atoms with Crippen LogP contribution in [0.5, 0.6) is 0 Å². The number of nitrogens with zero attached hydrogens (tertiary/aromatic N) is 1. The zero-order chi connectivity index (χ0) is 11.4. The van der Waals surface area contributed by atoms with Crippen LogP contribution in [0.2, 0.25) is 0 Å². The molecular formula is C13H23NO. The first-order valence-corrected chi connectivity index (χ1v) is 6.05. The van der Waals surface area contributed by atoms with Gasteiger partial charge in [-0.15, -0.1) is 0 Å². The number of hydrogen-bond donors (Lipinski definition) is 0. The molecule has 1 saturated carbocycles. The Kier molecular flexibility index (Phi) is 4.49. The monoisotopic (exact) mass is 209 g/mol. The van der Waals surface area contributed by atoms with E-state index in [9.17, 15) is 4.79 Å². The molecule has 2 aliphatic rings. The first-order valence-electron chi connectivity index (χ1n) is 6.05. The Morgan fingerprint density at radius 3 is 1.80 bits per heavy atom. The first-order chi connectivity index (χ1) is 6.99. The van der Waals surface area contributed by atoms with Crippen LogP contribution in [0.15, 0.2) is 4.99 Å². The highest BCUT2D eigenvalue weighted by atomic mass is 16.1. The predicted molar refractivity (Wildman–Crippen MR) is 64.4 cm³/mol. The molecule has 1 aliphatic carbocycles. The topological polar surface area (TPSA) is 29.4 Å². The minimum absolute atomic E-state index is 0.0602. The number of aliphatic imine (C=N–C) groups is 1. The average molecular weight is 209 g/mol. The SMILES string of the molecule is CC1=NC(C)C(=O)C1.C[C@@H]1CC[C@H](C)C1. The summed E-state index contributed by atoms with van der Waals surface area (Å²) in [6.45, 7) is 8.42. The van der Waals surface area contributed by atoms with E-state index >= 15 is 0 Å². The van der Waals surface area contributed by atoms with E-state index < -0.39 is 0 Å². The molecule has 0 radical (unpaired) electrons. The third-order valence-electron chi connectivity index (χ3n) is 3.27. The number of carbonyl (C=O) groups is 1. The summed E-state index contributed by atoms with van der Waals surface area (Å²) in [4.78, 5) is 14.7. The summed E-state index contributed by atoms with van der Waals surface area (Å²) in [7, 11) is 0. The van der Waals surface area contributed by atoms with Crippen LogP contribution in [0.1, 0.15) is 53.4 Å². The van der Waals surface area contributed by atoms with Crippen LogP contribution in [0, 0.1) is 11.8 Å². The van der Waals surface area contributed by atoms with Crippen molar-refractivity contribution in [3.63, 3.8) is 0 Å². The molecular weight excluding hydrogens is 186 g/mol. The van der Waals surface area contributed by atoms with E-state index in [4.69, 9.17) is 0 Å². The Bertz CT molecular complexity index is 249. The van der Waals surface area contributed by atoms with Crippen molar-refractivity contribution < 1.29 is 4.79 Å². The largest absolute Gasteiger partial charge is 0.297 e. The number of hydrogen-bond acceptors (Lipinski definition) is 2. The molecule has 0 aromatic rings. The molecule has 0 aromatic carbocycles. The molecule has 0 N–H and O–H groups in total. The van der Waals surface area contributed by atoms with E-state index in [-0.39, 0.29) is 11.8 Å². The highest BCUT2D eigenvalue weighted by molar-refractivity contribution is 6.08. The Hall–Kier alpha value is -0.660. The zero-order valence-electron chi connectivity index (χ0n) is 10.4. The van der Waals surface area contributed by atoms with Crippen LogP contribution in [0.4, 0.5) is 0 Å². The van der Waals surface area contributed by atoms with Gasteiger partial charge in [-0.25, -0.2) is 0 Å². The van der Waals surface area contributed by atoms with Crippen molar-refractivity contribution in [1.29, 1.82) is 0 Å². The van der Waals surface area contributed by atoms with Gasteiger partial charge in [0, 0.05) is 12.1 Å². The molecule has 1 aliphatic heterocycles. The standard InChI is InChI=1S/C7H14.C6H9NO/c1-6-3-4-7(2)5-6;1-4-3-6(8)5(2)7-4/h6-7H,3-5H2,1-2H3;5H,3H2,1-2H3/t6-,7+;. The second kappa shape index (κ2) is 5.43. The second-order valence-corrected chi connectivity index (χ2v) is 5.21. The van der Waals surface area contributed by atoms with E-state index in [1.807, 2.05) is 13.8 Å². The van der Waals surface area contributed by atoms with Gasteiger partial charge < -0.3 is 0 Å². The van der Waals surface area contributed by atoms with Crippen molar-refractivity contribution in [2.45, 2.75) is 59.4 Å². The Morgan fingerprint density at radius 1 is 1.13 bits per heavy atom. The van der Waals surface area contributed by atoms with Crippen LogP contribution in [0.25, 0.3) is 0 Å². The van der Waals surface area contributed by atoms with Crippen molar-refractivity contribution in [3.05, 3.63) is 0 Å². The second-order valence-electron chi connectivity index (χ2n) is 5.21. The maximum absolute atomic E-state index is 10.7. The number of Topliss-reactive ketones (excluding diaryl/α,β-unsaturated/α-hetero) is 1. The summed E-state index contributed by atoms with van der Waals surface area (Å²) >= 11 is 0. The van der Waals surface area contributed by atoms with E-state index in [1.165, 1.54) is 19.3 Å². The third-order valence-corrected chi connectivity index (χ3v) is 3.27. The molecule has 1 fully saturated rings. The van der Waals surface area contributed by atoms with Gasteiger partial charge in [-0.1, -0.05) is 26.7 Å². The molecule has 15 heavy (non-hydrogen) atoms. The van der Waals surface area contributed by atoms with Crippen molar-refractivity contribution >= 4 is 11.5 Å². The molecule has 2 nitrogen and oxygen atoms in total. The predicted octanol–water partition coefficient (Wildman–Crippen LogP) is 3.25. The Morgan fingerprint density at radius 2 is 1.67 bits per heavy atom. The molecule has 86 valence electrons. The van der Waals surface area contributed by atoms with Crippen LogP contribution >= 0.6 is 0 Å². The lowest BCUT2D eigenvalue weighted by Crippen LogP contribution is -2.06. The molecule has 0 saturated heterocycles. The fraction of sp³-hybridized carbons (Fsp3) is 0.846. The van der Waals surface area contributed by atoms with Gasteiger partial charge >= 0.3 is 0 Å². The van der Waals surface area contributed by atoms with E-state index in [2.05, 4.69) is 18.8 Å². The fourth-order valence-electron chi connectivity index (χ4n) is 2.34. The lowest BCUT2D eigenvalue weighted by Gasteiger charge is -1.96. The smallest absolute Gasteiger partial charge is 0.162 e. The Labute approximate surface area is 93.2 Å². The van der Waals surface area contributed by atoms with Crippen molar-refractivity contribution in [2.24, 2.45) is 16.8 Å². The molecule has 1 unspecified atom stereocenters. The normalized spacial score (nSPS) is 34.8. The quantitative estimate of drug-likeness (QED) is 0.602. The van der Waals surface area contributed by atoms with Gasteiger partial charge in [-0.3, -0.25) is 9.79 Å². The van der Waals surface area contributed by atoms with Crippen molar-refractivity contribution in [3.8, 4) is 0 Å². The van der Waals surface area contributed by atoms with E-state index in [0.717, 1.165) is 17.5 Å². The van der Waals surface area contributed by atoms with Crippen LogP contribution in [-0.2, 0) is 4.79 Å². The molecule has 0 spiro atoms. The van der Waals surface area contributed by atoms with Crippen LogP contribution < -0.4 is 0 Å². The molecule has 0 amide bonds. The first kappa shape index (κ1) is 12.4.